The Kier molecular flexibility index (Phi) is 3.09. The molecular weight excluding hydrogens is 260 g/mol. The second-order valence-electron chi connectivity index (χ2n) is 9.22. The van der Waals surface area contributed by atoms with Crippen LogP contribution >= 0.6 is 0 Å². The van der Waals surface area contributed by atoms with Crippen molar-refractivity contribution in [3.63, 3.8) is 0 Å². The van der Waals surface area contributed by atoms with Crippen LogP contribution in [0.2, 0.25) is 0 Å². The minimum absolute atomic E-state index is 0.0363. The minimum atomic E-state index is -0.804. The lowest BCUT2D eigenvalue weighted by Gasteiger charge is -2.63. The zero-order chi connectivity index (χ0) is 14.9. The summed E-state index contributed by atoms with van der Waals surface area (Å²) in [6, 6.07) is 0. The molecule has 0 aromatic rings. The van der Waals surface area contributed by atoms with Gasteiger partial charge >= 0.3 is 0 Å². The fourth-order valence-corrected chi connectivity index (χ4v) is 7.26. The molecule has 0 heterocycles. The molecule has 4 aliphatic rings. The van der Waals surface area contributed by atoms with Crippen molar-refractivity contribution in [1.29, 1.82) is 0 Å². The molecule has 0 spiro atoms. The van der Waals surface area contributed by atoms with Crippen LogP contribution < -0.4 is 0 Å². The first kappa shape index (κ1) is 14.5. The third-order valence-electron chi connectivity index (χ3n) is 8.63. The number of aliphatic hydroxyl groups is 2. The van der Waals surface area contributed by atoms with Gasteiger partial charge in [-0.2, -0.15) is 0 Å². The van der Waals surface area contributed by atoms with Gasteiger partial charge in [-0.1, -0.05) is 26.7 Å². The highest BCUT2D eigenvalue weighted by atomic mass is 16.3. The Hall–Kier alpha value is -0.0800. The third-order valence-corrected chi connectivity index (χ3v) is 8.63. The van der Waals surface area contributed by atoms with Gasteiger partial charge in [0.1, 0.15) is 0 Å². The molecule has 0 radical (unpaired) electrons. The summed E-state index contributed by atoms with van der Waals surface area (Å²) in [6.07, 6.45) is 11.7. The van der Waals surface area contributed by atoms with Crippen molar-refractivity contribution in [3.05, 3.63) is 0 Å². The topological polar surface area (TPSA) is 40.5 Å². The molecule has 21 heavy (non-hydrogen) atoms. The zero-order valence-corrected chi connectivity index (χ0v) is 13.8. The van der Waals surface area contributed by atoms with Crippen LogP contribution in [-0.2, 0) is 0 Å². The smallest absolute Gasteiger partial charge is 0.0989 e. The molecule has 4 saturated carbocycles. The molecule has 0 bridgehead atoms. The van der Waals surface area contributed by atoms with Crippen LogP contribution in [0.15, 0.2) is 0 Å². The summed E-state index contributed by atoms with van der Waals surface area (Å²) < 4.78 is 0. The third kappa shape index (κ3) is 1.67. The van der Waals surface area contributed by atoms with Crippen LogP contribution in [0, 0.1) is 28.6 Å². The predicted molar refractivity (Wildman–Crippen MR) is 83.8 cm³/mol. The molecule has 7 atom stereocenters. The molecule has 4 rings (SSSR count). The van der Waals surface area contributed by atoms with Crippen molar-refractivity contribution in [2.45, 2.75) is 89.8 Å². The van der Waals surface area contributed by atoms with Gasteiger partial charge in [-0.25, -0.2) is 0 Å². The Balaban J connectivity index is 1.72. The average molecular weight is 292 g/mol. The highest BCUT2D eigenvalue weighted by Crippen LogP contribution is 2.67. The van der Waals surface area contributed by atoms with Gasteiger partial charge in [0.25, 0.3) is 0 Å². The molecule has 2 nitrogen and oxygen atoms in total. The summed E-state index contributed by atoms with van der Waals surface area (Å²) in [5.74, 6) is 1.86. The number of fused-ring (bicyclic) bond motifs is 5. The molecule has 0 aliphatic heterocycles. The molecule has 0 unspecified atom stereocenters. The van der Waals surface area contributed by atoms with Gasteiger partial charge in [-0.15, -0.1) is 0 Å². The number of rotatable bonds is 0. The normalized spacial score (nSPS) is 60.0. The number of hydrogen-bond donors (Lipinski definition) is 2. The van der Waals surface area contributed by atoms with E-state index in [2.05, 4.69) is 13.8 Å². The van der Waals surface area contributed by atoms with E-state index in [0.717, 1.165) is 31.6 Å². The molecule has 2 heteroatoms. The molecule has 2 N–H and O–H groups in total. The van der Waals surface area contributed by atoms with Crippen LogP contribution in [0.4, 0.5) is 0 Å². The molecule has 4 aliphatic carbocycles. The van der Waals surface area contributed by atoms with E-state index >= 15 is 0 Å². The Labute approximate surface area is 129 Å². The van der Waals surface area contributed by atoms with Gasteiger partial charge < -0.3 is 10.2 Å². The lowest BCUT2D eigenvalue weighted by atomic mass is 9.44. The van der Waals surface area contributed by atoms with Gasteiger partial charge in [0.2, 0.25) is 0 Å². The van der Waals surface area contributed by atoms with Crippen LogP contribution in [0.3, 0.4) is 0 Å². The van der Waals surface area contributed by atoms with Gasteiger partial charge in [0.15, 0.2) is 0 Å². The Morgan fingerprint density at radius 3 is 2.38 bits per heavy atom. The van der Waals surface area contributed by atoms with E-state index in [0.29, 0.717) is 17.3 Å². The molecule has 0 aromatic carbocycles. The molecule has 4 fully saturated rings. The summed E-state index contributed by atoms with van der Waals surface area (Å²) in [6.45, 7) is 4.76. The van der Waals surface area contributed by atoms with Crippen molar-refractivity contribution >= 4 is 0 Å². The maximum Gasteiger partial charge on any atom is 0.0989 e. The van der Waals surface area contributed by atoms with Gasteiger partial charge in [0, 0.05) is 0 Å². The van der Waals surface area contributed by atoms with E-state index in [9.17, 15) is 10.2 Å². The second-order valence-corrected chi connectivity index (χ2v) is 9.22. The molecule has 0 aromatic heterocycles. The second kappa shape index (κ2) is 4.47. The standard InChI is InChI=1S/C19H32O2/c1-17-11-8-14-15(19(17,21)16(20)9-12-17)7-6-13-5-3-4-10-18(13,14)2/h13-16,20-21H,3-12H2,1-2H3/t13-,14+,15-,16-,17-,18+,19+/m1/s1. The quantitative estimate of drug-likeness (QED) is 0.711. The van der Waals surface area contributed by atoms with E-state index in [1.54, 1.807) is 0 Å². The Morgan fingerprint density at radius 2 is 1.57 bits per heavy atom. The zero-order valence-electron chi connectivity index (χ0n) is 13.8. The Bertz CT molecular complexity index is 435. The van der Waals surface area contributed by atoms with Gasteiger partial charge in [0.05, 0.1) is 11.7 Å². The molecular formula is C19H32O2. The van der Waals surface area contributed by atoms with Crippen LogP contribution in [0.1, 0.15) is 78.1 Å². The number of hydrogen-bond acceptors (Lipinski definition) is 2. The van der Waals surface area contributed by atoms with Crippen molar-refractivity contribution in [3.8, 4) is 0 Å². The first-order chi connectivity index (χ1) is 9.92. The first-order valence-corrected chi connectivity index (χ1v) is 9.32. The maximum atomic E-state index is 11.6. The average Bonchev–Trinajstić information content (AvgIpc) is 2.71. The van der Waals surface area contributed by atoms with E-state index in [-0.39, 0.29) is 5.41 Å². The summed E-state index contributed by atoms with van der Waals surface area (Å²) in [7, 11) is 0. The highest BCUT2D eigenvalue weighted by Gasteiger charge is 2.67. The Morgan fingerprint density at radius 1 is 0.810 bits per heavy atom. The van der Waals surface area contributed by atoms with E-state index in [1.807, 2.05) is 0 Å². The molecule has 0 amide bonds. The summed E-state index contributed by atoms with van der Waals surface area (Å²) in [5, 5.41) is 22.2. The summed E-state index contributed by atoms with van der Waals surface area (Å²) in [5.41, 5.74) is -0.409. The van der Waals surface area contributed by atoms with Crippen LogP contribution in [-0.4, -0.2) is 21.9 Å². The minimum Gasteiger partial charge on any atom is -0.390 e. The predicted octanol–water partition coefficient (Wildman–Crippen LogP) is 3.90. The van der Waals surface area contributed by atoms with Crippen molar-refractivity contribution in [2.24, 2.45) is 28.6 Å². The highest BCUT2D eigenvalue weighted by molar-refractivity contribution is 5.17. The van der Waals surface area contributed by atoms with Gasteiger partial charge in [-0.3, -0.25) is 0 Å². The van der Waals surface area contributed by atoms with Crippen molar-refractivity contribution in [2.75, 3.05) is 0 Å². The fourth-order valence-electron chi connectivity index (χ4n) is 7.26. The largest absolute Gasteiger partial charge is 0.390 e. The van der Waals surface area contributed by atoms with E-state index in [1.165, 1.54) is 38.5 Å². The lowest BCUT2D eigenvalue weighted by molar-refractivity contribution is -0.228. The van der Waals surface area contributed by atoms with Crippen molar-refractivity contribution in [1.82, 2.24) is 0 Å². The monoisotopic (exact) mass is 292 g/mol. The SMILES string of the molecule is C[C@]12CCCC[C@@H]1CC[C@@H]1[C@@H]2CC[C@]2(C)CC[C@@H](O)[C@@]12O. The maximum absolute atomic E-state index is 11.6. The van der Waals surface area contributed by atoms with Gasteiger partial charge in [-0.05, 0) is 80.0 Å². The fraction of sp³-hybridized carbons (Fsp3) is 1.00. The van der Waals surface area contributed by atoms with Crippen molar-refractivity contribution < 1.29 is 10.2 Å². The number of aliphatic hydroxyl groups excluding tert-OH is 1. The summed E-state index contributed by atoms with van der Waals surface area (Å²) >= 11 is 0. The van der Waals surface area contributed by atoms with Crippen LogP contribution in [0.5, 0.6) is 0 Å². The molecule has 0 saturated heterocycles. The van der Waals surface area contributed by atoms with Crippen LogP contribution in [0.25, 0.3) is 0 Å². The summed E-state index contributed by atoms with van der Waals surface area (Å²) in [4.78, 5) is 0. The van der Waals surface area contributed by atoms with E-state index < -0.39 is 11.7 Å². The lowest BCUT2D eigenvalue weighted by Crippen LogP contribution is -2.64. The molecule has 120 valence electrons. The first-order valence-electron chi connectivity index (χ1n) is 9.32. The van der Waals surface area contributed by atoms with E-state index in [4.69, 9.17) is 0 Å².